The van der Waals surface area contributed by atoms with Crippen LogP contribution in [0.5, 0.6) is 0 Å². The third-order valence-corrected chi connectivity index (χ3v) is 3.67. The van der Waals surface area contributed by atoms with Gasteiger partial charge in [-0.15, -0.1) is 0 Å². The number of hydrogen-bond acceptors (Lipinski definition) is 2. The number of nitrogens with two attached hydrogens (primary N) is 1. The lowest BCUT2D eigenvalue weighted by atomic mass is 10.0. The van der Waals surface area contributed by atoms with E-state index in [4.69, 9.17) is 5.73 Å². The number of hydrogen-bond donors (Lipinski definition) is 2. The molecule has 0 fully saturated rings. The second kappa shape index (κ2) is 10.2. The van der Waals surface area contributed by atoms with Crippen LogP contribution in [-0.4, -0.2) is 43.1 Å². The van der Waals surface area contributed by atoms with Crippen molar-refractivity contribution in [2.75, 3.05) is 26.2 Å². The molecule has 0 heterocycles. The van der Waals surface area contributed by atoms with Gasteiger partial charge in [-0.3, -0.25) is 9.89 Å². The van der Waals surface area contributed by atoms with E-state index in [2.05, 4.69) is 66.3 Å². The molecule has 0 aliphatic carbocycles. The molecule has 0 amide bonds. The van der Waals surface area contributed by atoms with Crippen LogP contribution < -0.4 is 11.1 Å². The quantitative estimate of drug-likeness (QED) is 0.542. The molecular weight excluding hydrogens is 260 g/mol. The van der Waals surface area contributed by atoms with Gasteiger partial charge in [0.1, 0.15) is 0 Å². The fraction of sp³-hybridized carbons (Fsp3) is 0.588. The fourth-order valence-electron chi connectivity index (χ4n) is 2.45. The second-order valence-corrected chi connectivity index (χ2v) is 5.22. The van der Waals surface area contributed by atoms with Crippen molar-refractivity contribution in [3.8, 4) is 0 Å². The molecule has 1 aromatic carbocycles. The molecule has 4 heteroatoms. The topological polar surface area (TPSA) is 53.6 Å². The average molecular weight is 290 g/mol. The Kier molecular flexibility index (Phi) is 8.51. The molecule has 21 heavy (non-hydrogen) atoms. The van der Waals surface area contributed by atoms with E-state index in [-0.39, 0.29) is 0 Å². The molecule has 1 unspecified atom stereocenters. The van der Waals surface area contributed by atoms with E-state index >= 15 is 0 Å². The van der Waals surface area contributed by atoms with E-state index in [0.717, 1.165) is 39.0 Å². The van der Waals surface area contributed by atoms with Crippen molar-refractivity contribution in [1.29, 1.82) is 0 Å². The maximum atomic E-state index is 5.90. The molecule has 0 aliphatic heterocycles. The highest BCUT2D eigenvalue weighted by Crippen LogP contribution is 2.09. The van der Waals surface area contributed by atoms with E-state index in [1.807, 2.05) is 0 Å². The maximum Gasteiger partial charge on any atom is 0.188 e. The Hall–Kier alpha value is -1.55. The van der Waals surface area contributed by atoms with Crippen molar-refractivity contribution in [1.82, 2.24) is 10.2 Å². The van der Waals surface area contributed by atoms with Crippen LogP contribution in [0.15, 0.2) is 35.3 Å². The van der Waals surface area contributed by atoms with Crippen LogP contribution in [0.2, 0.25) is 0 Å². The van der Waals surface area contributed by atoms with E-state index < -0.39 is 0 Å². The van der Waals surface area contributed by atoms with Crippen LogP contribution in [0.3, 0.4) is 0 Å². The molecule has 0 aliphatic rings. The van der Waals surface area contributed by atoms with Gasteiger partial charge in [0.25, 0.3) is 0 Å². The Balaban J connectivity index is 2.68. The Morgan fingerprint density at radius 1 is 1.19 bits per heavy atom. The number of nitrogens with zero attached hydrogens (tertiary/aromatic N) is 2. The van der Waals surface area contributed by atoms with Gasteiger partial charge in [0.2, 0.25) is 0 Å². The molecular formula is C17H30N4. The van der Waals surface area contributed by atoms with Gasteiger partial charge in [-0.2, -0.15) is 0 Å². The van der Waals surface area contributed by atoms with Crippen molar-refractivity contribution >= 4 is 5.96 Å². The summed E-state index contributed by atoms with van der Waals surface area (Å²) in [4.78, 5) is 6.96. The van der Waals surface area contributed by atoms with Crippen molar-refractivity contribution < 1.29 is 0 Å². The number of guanidine groups is 1. The van der Waals surface area contributed by atoms with Gasteiger partial charge in [0, 0.05) is 12.6 Å². The summed E-state index contributed by atoms with van der Waals surface area (Å²) in [6, 6.07) is 11.0. The minimum absolute atomic E-state index is 0.393. The van der Waals surface area contributed by atoms with Crippen LogP contribution >= 0.6 is 0 Å². The lowest BCUT2D eigenvalue weighted by Gasteiger charge is -2.28. The molecule has 3 N–H and O–H groups in total. The summed E-state index contributed by atoms with van der Waals surface area (Å²) in [5.74, 6) is 0.557. The molecule has 0 spiro atoms. The minimum Gasteiger partial charge on any atom is -0.370 e. The molecule has 118 valence electrons. The fourth-order valence-corrected chi connectivity index (χ4v) is 2.45. The first-order valence-corrected chi connectivity index (χ1v) is 8.02. The SMILES string of the molecule is CCCNC(N)=NCC(Cc1ccccc1)N(CC)CC. The third-order valence-electron chi connectivity index (χ3n) is 3.67. The molecule has 0 saturated heterocycles. The summed E-state index contributed by atoms with van der Waals surface area (Å²) in [6.45, 7) is 10.2. The Morgan fingerprint density at radius 3 is 2.43 bits per heavy atom. The number of nitrogens with one attached hydrogen (secondary N) is 1. The van der Waals surface area contributed by atoms with E-state index in [1.165, 1.54) is 5.56 Å². The van der Waals surface area contributed by atoms with Crippen LogP contribution in [0, 0.1) is 0 Å². The van der Waals surface area contributed by atoms with Gasteiger partial charge in [0.15, 0.2) is 5.96 Å². The van der Waals surface area contributed by atoms with Crippen LogP contribution in [0.1, 0.15) is 32.8 Å². The first-order chi connectivity index (χ1) is 10.2. The van der Waals surface area contributed by atoms with Gasteiger partial charge < -0.3 is 11.1 Å². The molecule has 0 saturated carbocycles. The Morgan fingerprint density at radius 2 is 1.86 bits per heavy atom. The van der Waals surface area contributed by atoms with Crippen molar-refractivity contribution in [2.24, 2.45) is 10.7 Å². The van der Waals surface area contributed by atoms with Crippen molar-refractivity contribution in [3.63, 3.8) is 0 Å². The molecule has 0 radical (unpaired) electrons. The molecule has 1 atom stereocenters. The van der Waals surface area contributed by atoms with Crippen LogP contribution in [0.4, 0.5) is 0 Å². The van der Waals surface area contributed by atoms with Crippen molar-refractivity contribution in [2.45, 2.75) is 39.7 Å². The monoisotopic (exact) mass is 290 g/mol. The first kappa shape index (κ1) is 17.5. The summed E-state index contributed by atoms with van der Waals surface area (Å²) >= 11 is 0. The second-order valence-electron chi connectivity index (χ2n) is 5.22. The standard InChI is InChI=1S/C17H30N4/c1-4-12-19-17(18)20-14-16(21(5-2)6-3)13-15-10-8-7-9-11-15/h7-11,16H,4-6,12-14H2,1-3H3,(H3,18,19,20). The maximum absolute atomic E-state index is 5.90. The normalized spacial score (nSPS) is 13.4. The summed E-state index contributed by atoms with van der Waals surface area (Å²) < 4.78 is 0. The molecule has 0 aromatic heterocycles. The van der Waals surface area contributed by atoms with Crippen LogP contribution in [0.25, 0.3) is 0 Å². The molecule has 0 bridgehead atoms. The molecule has 1 aromatic rings. The van der Waals surface area contributed by atoms with Crippen molar-refractivity contribution in [3.05, 3.63) is 35.9 Å². The van der Waals surface area contributed by atoms with Gasteiger partial charge in [-0.25, -0.2) is 0 Å². The Bertz CT molecular complexity index is 399. The third kappa shape index (κ3) is 6.63. The smallest absolute Gasteiger partial charge is 0.188 e. The van der Waals surface area contributed by atoms with E-state index in [0.29, 0.717) is 12.0 Å². The summed E-state index contributed by atoms with van der Waals surface area (Å²) in [5.41, 5.74) is 7.26. The van der Waals surface area contributed by atoms with Gasteiger partial charge in [0.05, 0.1) is 6.54 Å². The largest absolute Gasteiger partial charge is 0.370 e. The average Bonchev–Trinajstić information content (AvgIpc) is 2.52. The van der Waals surface area contributed by atoms with Crippen LogP contribution in [-0.2, 0) is 6.42 Å². The zero-order chi connectivity index (χ0) is 15.5. The van der Waals surface area contributed by atoms with E-state index in [1.54, 1.807) is 0 Å². The highest BCUT2D eigenvalue weighted by atomic mass is 15.2. The van der Waals surface area contributed by atoms with Gasteiger partial charge in [-0.05, 0) is 31.5 Å². The number of benzene rings is 1. The lowest BCUT2D eigenvalue weighted by molar-refractivity contribution is 0.220. The highest BCUT2D eigenvalue weighted by Gasteiger charge is 2.16. The van der Waals surface area contributed by atoms with Gasteiger partial charge in [-0.1, -0.05) is 51.1 Å². The first-order valence-electron chi connectivity index (χ1n) is 8.02. The molecule has 4 nitrogen and oxygen atoms in total. The lowest BCUT2D eigenvalue weighted by Crippen LogP contribution is -2.40. The minimum atomic E-state index is 0.393. The number of rotatable bonds is 9. The number of likely N-dealkylation sites (N-methyl/N-ethyl adjacent to an activating group) is 1. The highest BCUT2D eigenvalue weighted by molar-refractivity contribution is 5.77. The summed E-state index contributed by atoms with van der Waals surface area (Å²) in [5, 5.41) is 3.14. The zero-order valence-electron chi connectivity index (χ0n) is 13.7. The summed E-state index contributed by atoms with van der Waals surface area (Å²) in [7, 11) is 0. The molecule has 1 rings (SSSR count). The van der Waals surface area contributed by atoms with Gasteiger partial charge >= 0.3 is 0 Å². The number of aliphatic imine (C=N–C) groups is 1. The van der Waals surface area contributed by atoms with E-state index in [9.17, 15) is 0 Å². The predicted molar refractivity (Wildman–Crippen MR) is 91.6 cm³/mol. The zero-order valence-corrected chi connectivity index (χ0v) is 13.7. The Labute approximate surface area is 129 Å². The predicted octanol–water partition coefficient (Wildman–Crippen LogP) is 2.25. The summed E-state index contributed by atoms with van der Waals surface area (Å²) in [6.07, 6.45) is 2.06.